The molecular weight excluding hydrogens is 285 g/mol. The van der Waals surface area contributed by atoms with Crippen LogP contribution >= 0.6 is 0 Å². The lowest BCUT2D eigenvalue weighted by atomic mass is 10.1. The Morgan fingerprint density at radius 3 is 2.86 bits per heavy atom. The van der Waals surface area contributed by atoms with E-state index in [-0.39, 0.29) is 24.3 Å². The number of aliphatic hydroxyl groups excluding tert-OH is 1. The van der Waals surface area contributed by atoms with E-state index in [4.69, 9.17) is 4.74 Å². The van der Waals surface area contributed by atoms with Crippen molar-refractivity contribution >= 4 is 5.69 Å². The van der Waals surface area contributed by atoms with Crippen molar-refractivity contribution in [3.8, 4) is 11.5 Å². The Kier molecular flexibility index (Phi) is 4.15. The van der Waals surface area contributed by atoms with Gasteiger partial charge in [0.05, 0.1) is 18.8 Å². The summed E-state index contributed by atoms with van der Waals surface area (Å²) in [6, 6.07) is 11.4. The van der Waals surface area contributed by atoms with Gasteiger partial charge in [0.15, 0.2) is 0 Å². The van der Waals surface area contributed by atoms with Crippen molar-refractivity contribution in [2.75, 3.05) is 24.6 Å². The third kappa shape index (κ3) is 3.14. The Hall–Kier alpha value is -2.27. The van der Waals surface area contributed by atoms with Gasteiger partial charge < -0.3 is 19.8 Å². The fourth-order valence-electron chi connectivity index (χ4n) is 2.78. The number of anilines is 1. The van der Waals surface area contributed by atoms with E-state index in [1.807, 2.05) is 11.0 Å². The van der Waals surface area contributed by atoms with Crippen LogP contribution in [0.3, 0.4) is 0 Å². The normalized spacial score (nSPS) is 17.0. The molecule has 0 fully saturated rings. The molecule has 1 atom stereocenters. The molecule has 4 nitrogen and oxygen atoms in total. The highest BCUT2D eigenvalue weighted by Gasteiger charge is 2.26. The van der Waals surface area contributed by atoms with Crippen LogP contribution in [-0.4, -0.2) is 36.0 Å². The number of ether oxygens (including phenoxy) is 1. The van der Waals surface area contributed by atoms with Crippen LogP contribution in [0.15, 0.2) is 42.5 Å². The first-order valence-corrected chi connectivity index (χ1v) is 7.25. The number of aliphatic hydroxyl groups is 1. The first-order chi connectivity index (χ1) is 10.7. The van der Waals surface area contributed by atoms with Gasteiger partial charge in [-0.25, -0.2) is 4.39 Å². The molecule has 2 N–H and O–H groups in total. The number of phenols is 1. The second-order valence-electron chi connectivity index (χ2n) is 5.40. The van der Waals surface area contributed by atoms with Gasteiger partial charge in [0.2, 0.25) is 0 Å². The van der Waals surface area contributed by atoms with Gasteiger partial charge in [-0.2, -0.15) is 0 Å². The van der Waals surface area contributed by atoms with Crippen molar-refractivity contribution < 1.29 is 19.3 Å². The van der Waals surface area contributed by atoms with E-state index in [1.165, 1.54) is 12.1 Å². The predicted octanol–water partition coefficient (Wildman–Crippen LogP) is 2.33. The summed E-state index contributed by atoms with van der Waals surface area (Å²) in [5.41, 5.74) is 1.64. The number of halogens is 1. The monoisotopic (exact) mass is 303 g/mol. The summed E-state index contributed by atoms with van der Waals surface area (Å²) in [7, 11) is 0. The number of fused-ring (bicyclic) bond motifs is 1. The Balaban J connectivity index is 1.82. The average Bonchev–Trinajstić information content (AvgIpc) is 2.48. The number of aromatic hydroxyl groups is 1. The van der Waals surface area contributed by atoms with Crippen molar-refractivity contribution in [3.05, 3.63) is 53.8 Å². The summed E-state index contributed by atoms with van der Waals surface area (Å²) in [5.74, 6) is 0.568. The summed E-state index contributed by atoms with van der Waals surface area (Å²) >= 11 is 0. The van der Waals surface area contributed by atoms with Gasteiger partial charge in [0.1, 0.15) is 23.4 Å². The van der Waals surface area contributed by atoms with Gasteiger partial charge in [-0.1, -0.05) is 12.1 Å². The maximum absolute atomic E-state index is 13.3. The summed E-state index contributed by atoms with van der Waals surface area (Å²) in [4.78, 5) is 1.97. The van der Waals surface area contributed by atoms with Crippen molar-refractivity contribution in [3.63, 3.8) is 0 Å². The van der Waals surface area contributed by atoms with Gasteiger partial charge in [0.25, 0.3) is 0 Å². The van der Waals surface area contributed by atoms with Crippen LogP contribution < -0.4 is 9.64 Å². The average molecular weight is 303 g/mol. The molecule has 1 unspecified atom stereocenters. The highest BCUT2D eigenvalue weighted by molar-refractivity contribution is 5.63. The van der Waals surface area contributed by atoms with Gasteiger partial charge in [0, 0.05) is 19.0 Å². The number of β-amino-alcohol motifs (C(OH)–C–C–N with tert-alkyl or cyclic N) is 1. The van der Waals surface area contributed by atoms with Crippen LogP contribution in [0, 0.1) is 5.82 Å². The van der Waals surface area contributed by atoms with Gasteiger partial charge in [-0.15, -0.1) is 0 Å². The minimum Gasteiger partial charge on any atom is -0.508 e. The summed E-state index contributed by atoms with van der Waals surface area (Å²) < 4.78 is 19.2. The molecule has 5 heteroatoms. The number of hydrogen-bond donors (Lipinski definition) is 2. The lowest BCUT2D eigenvalue weighted by Crippen LogP contribution is -2.42. The Labute approximate surface area is 128 Å². The van der Waals surface area contributed by atoms with Crippen molar-refractivity contribution in [1.82, 2.24) is 0 Å². The number of nitrogens with zero attached hydrogens (tertiary/aromatic N) is 1. The molecule has 3 rings (SSSR count). The smallest absolute Gasteiger partial charge is 0.143 e. The second-order valence-corrected chi connectivity index (χ2v) is 5.40. The number of benzene rings is 2. The van der Waals surface area contributed by atoms with Gasteiger partial charge >= 0.3 is 0 Å². The predicted molar refractivity (Wildman–Crippen MR) is 81.9 cm³/mol. The molecule has 2 aromatic carbocycles. The fourth-order valence-corrected chi connectivity index (χ4v) is 2.78. The van der Waals surface area contributed by atoms with E-state index < -0.39 is 0 Å². The zero-order chi connectivity index (χ0) is 15.5. The van der Waals surface area contributed by atoms with Crippen LogP contribution in [-0.2, 0) is 6.42 Å². The molecule has 2 aromatic rings. The SMILES string of the molecule is OCCN1CC(Cc2cccc(F)c2)Oc2ccc(O)cc21. The molecule has 0 aliphatic carbocycles. The van der Waals surface area contributed by atoms with E-state index in [2.05, 4.69) is 0 Å². The minimum absolute atomic E-state index is 0.0157. The van der Waals surface area contributed by atoms with Crippen molar-refractivity contribution in [1.29, 1.82) is 0 Å². The molecule has 0 saturated carbocycles. The fraction of sp³-hybridized carbons (Fsp3) is 0.294. The molecule has 0 bridgehead atoms. The van der Waals surface area contributed by atoms with Crippen LogP contribution in [0.25, 0.3) is 0 Å². The maximum atomic E-state index is 13.3. The molecule has 0 aromatic heterocycles. The van der Waals surface area contributed by atoms with Gasteiger partial charge in [-0.05, 0) is 29.8 Å². The van der Waals surface area contributed by atoms with Crippen molar-refractivity contribution in [2.45, 2.75) is 12.5 Å². The standard InChI is InChI=1S/C17H18FNO3/c18-13-3-1-2-12(8-13)9-15-11-19(6-7-20)16-10-14(21)4-5-17(16)22-15/h1-5,8,10,15,20-21H,6-7,9,11H2. The largest absolute Gasteiger partial charge is 0.508 e. The molecule has 116 valence electrons. The van der Waals surface area contributed by atoms with Crippen LogP contribution in [0.4, 0.5) is 10.1 Å². The molecule has 1 aliphatic heterocycles. The first kappa shape index (κ1) is 14.7. The summed E-state index contributed by atoms with van der Waals surface area (Å²) in [6.07, 6.45) is 0.449. The molecule has 0 radical (unpaired) electrons. The van der Waals surface area contributed by atoms with Gasteiger partial charge in [-0.3, -0.25) is 0 Å². The number of rotatable bonds is 4. The molecule has 22 heavy (non-hydrogen) atoms. The molecule has 0 saturated heterocycles. The Morgan fingerprint density at radius 1 is 1.23 bits per heavy atom. The maximum Gasteiger partial charge on any atom is 0.143 e. The number of hydrogen-bond acceptors (Lipinski definition) is 4. The summed E-state index contributed by atoms with van der Waals surface area (Å²) in [5, 5.41) is 18.9. The van der Waals surface area contributed by atoms with Crippen LogP contribution in [0.2, 0.25) is 0 Å². The highest BCUT2D eigenvalue weighted by Crippen LogP contribution is 2.36. The molecule has 0 spiro atoms. The van der Waals surface area contributed by atoms with E-state index in [0.717, 1.165) is 11.3 Å². The molecule has 0 amide bonds. The molecular formula is C17H18FNO3. The second kappa shape index (κ2) is 6.23. The van der Waals surface area contributed by atoms with E-state index >= 15 is 0 Å². The highest BCUT2D eigenvalue weighted by atomic mass is 19.1. The van der Waals surface area contributed by atoms with Crippen LogP contribution in [0.1, 0.15) is 5.56 Å². The van der Waals surface area contributed by atoms with E-state index in [0.29, 0.717) is 25.3 Å². The Morgan fingerprint density at radius 2 is 2.09 bits per heavy atom. The van der Waals surface area contributed by atoms with Crippen LogP contribution in [0.5, 0.6) is 11.5 Å². The lowest BCUT2D eigenvalue weighted by molar-refractivity contribution is 0.189. The molecule has 1 aliphatic rings. The lowest BCUT2D eigenvalue weighted by Gasteiger charge is -2.36. The Bertz CT molecular complexity index is 662. The quantitative estimate of drug-likeness (QED) is 0.910. The third-order valence-corrected chi connectivity index (χ3v) is 3.72. The van der Waals surface area contributed by atoms with Crippen molar-refractivity contribution in [2.24, 2.45) is 0 Å². The zero-order valence-corrected chi connectivity index (χ0v) is 12.1. The minimum atomic E-state index is -0.258. The number of phenolic OH excluding ortho intramolecular Hbond substituents is 1. The topological polar surface area (TPSA) is 52.9 Å². The molecule has 1 heterocycles. The zero-order valence-electron chi connectivity index (χ0n) is 12.1. The third-order valence-electron chi connectivity index (χ3n) is 3.72. The first-order valence-electron chi connectivity index (χ1n) is 7.25. The summed E-state index contributed by atoms with van der Waals surface area (Å²) in [6.45, 7) is 1.05. The van der Waals surface area contributed by atoms with E-state index in [9.17, 15) is 14.6 Å². The van der Waals surface area contributed by atoms with E-state index in [1.54, 1.807) is 24.3 Å².